The second-order valence-corrected chi connectivity index (χ2v) is 6.59. The zero-order valence-corrected chi connectivity index (χ0v) is 14.9. The summed E-state index contributed by atoms with van der Waals surface area (Å²) in [5, 5.41) is 13.0. The van der Waals surface area contributed by atoms with Crippen LogP contribution in [0.3, 0.4) is 0 Å². The van der Waals surface area contributed by atoms with E-state index in [0.717, 1.165) is 28.2 Å². The fourth-order valence-corrected chi connectivity index (χ4v) is 3.72. The standard InChI is InChI=1S/C21H12N6O2/c22-8-11-3-4-15-19(29-10-28-15)16(11)21-26-17-12-5-7-23-9-14(12)25-20-13(18(17)27-21)2-1-6-24-20/h1-7,9H,10H2,(H,24,25)(H,26,27). The van der Waals surface area contributed by atoms with Gasteiger partial charge in [-0.05, 0) is 30.3 Å². The van der Waals surface area contributed by atoms with Crippen LogP contribution in [-0.2, 0) is 0 Å². The van der Waals surface area contributed by atoms with E-state index in [0.29, 0.717) is 34.3 Å². The van der Waals surface area contributed by atoms with Gasteiger partial charge in [0.1, 0.15) is 23.4 Å². The number of nitriles is 1. The molecule has 0 atom stereocenters. The Kier molecular flexibility index (Phi) is 3.13. The van der Waals surface area contributed by atoms with Crippen molar-refractivity contribution in [2.45, 2.75) is 0 Å². The first-order valence-corrected chi connectivity index (χ1v) is 8.93. The number of imidazole rings is 1. The SMILES string of the molecule is N#Cc1ccc2c(c1-c1nc3c([nH]1)-c1ccncc1Nc1ncccc1-3)OCO2. The molecule has 0 spiro atoms. The number of benzene rings is 1. The number of aromatic amines is 1. The molecular weight excluding hydrogens is 368 g/mol. The number of hydrogen-bond donors (Lipinski definition) is 2. The third kappa shape index (κ3) is 2.21. The summed E-state index contributed by atoms with van der Waals surface area (Å²) in [6.45, 7) is 0.114. The molecule has 2 N–H and O–H groups in total. The second kappa shape index (κ2) is 5.81. The molecule has 0 aliphatic carbocycles. The summed E-state index contributed by atoms with van der Waals surface area (Å²) in [5.41, 5.74) is 5.18. The highest BCUT2D eigenvalue weighted by molar-refractivity contribution is 5.95. The lowest BCUT2D eigenvalue weighted by Crippen LogP contribution is -1.96. The molecule has 3 aromatic heterocycles. The first kappa shape index (κ1) is 15.7. The zero-order chi connectivity index (χ0) is 19.4. The quantitative estimate of drug-likeness (QED) is 0.454. The monoisotopic (exact) mass is 380 g/mol. The van der Waals surface area contributed by atoms with Gasteiger partial charge in [-0.2, -0.15) is 5.26 Å². The molecule has 0 amide bonds. The van der Waals surface area contributed by atoms with Crippen LogP contribution in [0.1, 0.15) is 5.56 Å². The Hall–Kier alpha value is -4.38. The molecule has 0 bridgehead atoms. The second-order valence-electron chi connectivity index (χ2n) is 6.59. The molecule has 0 fully saturated rings. The van der Waals surface area contributed by atoms with E-state index in [9.17, 15) is 5.26 Å². The number of hydrogen-bond acceptors (Lipinski definition) is 7. The fourth-order valence-electron chi connectivity index (χ4n) is 3.72. The Labute approximate surface area is 164 Å². The van der Waals surface area contributed by atoms with Crippen LogP contribution in [0.4, 0.5) is 11.5 Å². The molecule has 2 aliphatic rings. The number of aromatic nitrogens is 4. The Morgan fingerprint density at radius 3 is 2.97 bits per heavy atom. The summed E-state index contributed by atoms with van der Waals surface area (Å²) in [7, 11) is 0. The van der Waals surface area contributed by atoms with Crippen LogP contribution in [0.2, 0.25) is 0 Å². The van der Waals surface area contributed by atoms with Gasteiger partial charge in [0, 0.05) is 23.5 Å². The predicted octanol–water partition coefficient (Wildman–Crippen LogP) is 3.86. The summed E-state index contributed by atoms with van der Waals surface area (Å²) < 4.78 is 11.1. The van der Waals surface area contributed by atoms with Crippen molar-refractivity contribution in [3.8, 4) is 51.5 Å². The Bertz CT molecular complexity index is 1270. The molecule has 0 saturated heterocycles. The van der Waals surface area contributed by atoms with E-state index in [-0.39, 0.29) is 6.79 Å². The van der Waals surface area contributed by atoms with Crippen molar-refractivity contribution in [2.75, 3.05) is 12.1 Å². The van der Waals surface area contributed by atoms with E-state index >= 15 is 0 Å². The smallest absolute Gasteiger partial charge is 0.231 e. The van der Waals surface area contributed by atoms with E-state index in [4.69, 9.17) is 14.5 Å². The molecule has 4 aromatic rings. The zero-order valence-electron chi connectivity index (χ0n) is 14.9. The lowest BCUT2D eigenvalue weighted by atomic mass is 10.1. The molecule has 1 aromatic carbocycles. The molecule has 29 heavy (non-hydrogen) atoms. The van der Waals surface area contributed by atoms with Gasteiger partial charge >= 0.3 is 0 Å². The van der Waals surface area contributed by atoms with E-state index < -0.39 is 0 Å². The van der Waals surface area contributed by atoms with Crippen molar-refractivity contribution in [2.24, 2.45) is 0 Å². The lowest BCUT2D eigenvalue weighted by molar-refractivity contribution is 0.174. The number of nitrogens with zero attached hydrogens (tertiary/aromatic N) is 4. The predicted molar refractivity (Wildman–Crippen MR) is 105 cm³/mol. The number of H-pyrrole nitrogens is 1. The minimum atomic E-state index is 0.114. The number of rotatable bonds is 1. The van der Waals surface area contributed by atoms with Crippen LogP contribution < -0.4 is 14.8 Å². The van der Waals surface area contributed by atoms with E-state index in [1.165, 1.54) is 0 Å². The minimum absolute atomic E-state index is 0.114. The van der Waals surface area contributed by atoms with Gasteiger partial charge in [0.05, 0.1) is 28.7 Å². The number of fused-ring (bicyclic) bond motifs is 6. The molecule has 0 saturated carbocycles. The van der Waals surface area contributed by atoms with Crippen molar-refractivity contribution in [3.05, 3.63) is 54.5 Å². The highest BCUT2D eigenvalue weighted by Gasteiger charge is 2.28. The topological polar surface area (TPSA) is 109 Å². The average Bonchev–Trinajstić information content (AvgIpc) is 3.38. The normalized spacial score (nSPS) is 12.8. The molecule has 0 unspecified atom stereocenters. The molecule has 0 radical (unpaired) electrons. The maximum absolute atomic E-state index is 9.66. The molecule has 138 valence electrons. The van der Waals surface area contributed by atoms with E-state index in [1.807, 2.05) is 18.2 Å². The first-order chi connectivity index (χ1) is 14.3. The molecule has 8 heteroatoms. The summed E-state index contributed by atoms with van der Waals surface area (Å²) in [6.07, 6.45) is 5.21. The van der Waals surface area contributed by atoms with Gasteiger partial charge in [0.2, 0.25) is 6.79 Å². The van der Waals surface area contributed by atoms with Crippen molar-refractivity contribution in [1.82, 2.24) is 19.9 Å². The molecule has 2 aliphatic heterocycles. The van der Waals surface area contributed by atoms with Crippen LogP contribution in [0, 0.1) is 11.3 Å². The van der Waals surface area contributed by atoms with Crippen molar-refractivity contribution < 1.29 is 9.47 Å². The van der Waals surface area contributed by atoms with Gasteiger partial charge in [-0.3, -0.25) is 4.98 Å². The van der Waals surface area contributed by atoms with Gasteiger partial charge in [0.15, 0.2) is 11.5 Å². The van der Waals surface area contributed by atoms with Crippen LogP contribution in [0.15, 0.2) is 48.9 Å². The number of pyridine rings is 2. The highest BCUT2D eigenvalue weighted by atomic mass is 16.7. The summed E-state index contributed by atoms with van der Waals surface area (Å²) in [4.78, 5) is 16.9. The van der Waals surface area contributed by atoms with Gasteiger partial charge in [-0.25, -0.2) is 9.97 Å². The largest absolute Gasteiger partial charge is 0.454 e. The van der Waals surface area contributed by atoms with Crippen LogP contribution in [-0.4, -0.2) is 26.7 Å². The van der Waals surface area contributed by atoms with Gasteiger partial charge < -0.3 is 19.8 Å². The summed E-state index contributed by atoms with van der Waals surface area (Å²) in [5.74, 6) is 2.34. The first-order valence-electron chi connectivity index (χ1n) is 8.93. The third-order valence-electron chi connectivity index (χ3n) is 5.01. The minimum Gasteiger partial charge on any atom is -0.454 e. The third-order valence-corrected chi connectivity index (χ3v) is 5.01. The van der Waals surface area contributed by atoms with Crippen LogP contribution in [0.25, 0.3) is 33.9 Å². The van der Waals surface area contributed by atoms with Crippen molar-refractivity contribution >= 4 is 11.5 Å². The molecule has 8 nitrogen and oxygen atoms in total. The fraction of sp³-hybridized carbons (Fsp3) is 0.0476. The maximum Gasteiger partial charge on any atom is 0.231 e. The van der Waals surface area contributed by atoms with E-state index in [2.05, 4.69) is 26.3 Å². The van der Waals surface area contributed by atoms with Gasteiger partial charge in [-0.15, -0.1) is 0 Å². The number of ether oxygens (including phenoxy) is 2. The Morgan fingerprint density at radius 2 is 2.03 bits per heavy atom. The summed E-state index contributed by atoms with van der Waals surface area (Å²) >= 11 is 0. The van der Waals surface area contributed by atoms with E-state index in [1.54, 1.807) is 30.7 Å². The van der Waals surface area contributed by atoms with Crippen LogP contribution >= 0.6 is 0 Å². The maximum atomic E-state index is 9.66. The van der Waals surface area contributed by atoms with Crippen LogP contribution in [0.5, 0.6) is 11.5 Å². The van der Waals surface area contributed by atoms with Crippen molar-refractivity contribution in [3.63, 3.8) is 0 Å². The number of anilines is 2. The molecule has 6 rings (SSSR count). The number of nitrogens with one attached hydrogen (secondary N) is 2. The lowest BCUT2D eigenvalue weighted by Gasteiger charge is -2.08. The Morgan fingerprint density at radius 1 is 1.07 bits per heavy atom. The highest BCUT2D eigenvalue weighted by Crippen LogP contribution is 2.46. The van der Waals surface area contributed by atoms with Crippen molar-refractivity contribution in [1.29, 1.82) is 5.26 Å². The molecular formula is C21H12N6O2. The Balaban J connectivity index is 1.67. The average molecular weight is 380 g/mol. The van der Waals surface area contributed by atoms with Gasteiger partial charge in [-0.1, -0.05) is 0 Å². The summed E-state index contributed by atoms with van der Waals surface area (Å²) in [6, 6.07) is 11.4. The molecule has 5 heterocycles. The van der Waals surface area contributed by atoms with Gasteiger partial charge in [0.25, 0.3) is 0 Å².